The Balaban J connectivity index is 0.00000264. The van der Waals surface area contributed by atoms with Gasteiger partial charge in [-0.1, -0.05) is 0 Å². The maximum Gasteiger partial charge on any atom is 0.416 e. The standard InChI is InChI=1S/C13H12F6N2O.ClH/c14-12(15,16)9-5-10(13(17,18)19)7-11(6-9)20-8-21-1-3-22-4-2-21;/h5-8H,1-4H2;1H. The summed E-state index contributed by atoms with van der Waals surface area (Å²) in [5, 5.41) is 0. The van der Waals surface area contributed by atoms with Crippen LogP contribution in [0.1, 0.15) is 11.1 Å². The highest BCUT2D eigenvalue weighted by molar-refractivity contribution is 5.85. The first-order valence-corrected chi connectivity index (χ1v) is 6.32. The van der Waals surface area contributed by atoms with Crippen LogP contribution in [0, 0.1) is 0 Å². The van der Waals surface area contributed by atoms with Crippen molar-refractivity contribution in [2.45, 2.75) is 12.4 Å². The van der Waals surface area contributed by atoms with Crippen LogP contribution in [-0.4, -0.2) is 37.5 Å². The molecule has 1 saturated heterocycles. The molecule has 10 heteroatoms. The van der Waals surface area contributed by atoms with E-state index in [0.717, 1.165) is 0 Å². The van der Waals surface area contributed by atoms with Crippen molar-refractivity contribution in [3.8, 4) is 0 Å². The molecule has 1 aromatic carbocycles. The minimum absolute atomic E-state index is 0. The average Bonchev–Trinajstić information content (AvgIpc) is 2.44. The maximum absolute atomic E-state index is 12.7. The van der Waals surface area contributed by atoms with Gasteiger partial charge in [-0.2, -0.15) is 26.3 Å². The molecule has 0 radical (unpaired) electrons. The van der Waals surface area contributed by atoms with Gasteiger partial charge in [0.2, 0.25) is 0 Å². The Labute approximate surface area is 134 Å². The van der Waals surface area contributed by atoms with Crippen LogP contribution in [-0.2, 0) is 17.1 Å². The summed E-state index contributed by atoms with van der Waals surface area (Å²) in [6, 6.07) is 1.26. The highest BCUT2D eigenvalue weighted by Gasteiger charge is 2.36. The SMILES string of the molecule is Cl.FC(F)(F)c1cc(N=CN2CCOCC2)cc(C(F)(F)F)c1. The number of alkyl halides is 6. The fourth-order valence-corrected chi connectivity index (χ4v) is 1.85. The Bertz CT molecular complexity index is 520. The molecule has 1 fully saturated rings. The fraction of sp³-hybridized carbons (Fsp3) is 0.462. The molecule has 1 aromatic rings. The van der Waals surface area contributed by atoms with Crippen LogP contribution in [0.15, 0.2) is 23.2 Å². The van der Waals surface area contributed by atoms with E-state index in [9.17, 15) is 26.3 Å². The Kier molecular flexibility index (Phi) is 6.29. The van der Waals surface area contributed by atoms with Crippen molar-refractivity contribution in [3.05, 3.63) is 29.3 Å². The molecule has 1 aliphatic rings. The quantitative estimate of drug-likeness (QED) is 0.449. The van der Waals surface area contributed by atoms with Crippen molar-refractivity contribution in [3.63, 3.8) is 0 Å². The van der Waals surface area contributed by atoms with E-state index >= 15 is 0 Å². The van der Waals surface area contributed by atoms with Gasteiger partial charge in [-0.15, -0.1) is 12.4 Å². The molecule has 0 amide bonds. The van der Waals surface area contributed by atoms with Gasteiger partial charge in [0, 0.05) is 13.1 Å². The molecular weight excluding hydrogens is 350 g/mol. The highest BCUT2D eigenvalue weighted by atomic mass is 35.5. The Hall–Kier alpha value is -1.48. The number of rotatable bonds is 2. The van der Waals surface area contributed by atoms with Crippen molar-refractivity contribution in [1.82, 2.24) is 4.90 Å². The van der Waals surface area contributed by atoms with Crippen molar-refractivity contribution >= 4 is 24.4 Å². The molecule has 1 heterocycles. The van der Waals surface area contributed by atoms with Crippen LogP contribution in [0.4, 0.5) is 32.0 Å². The number of benzene rings is 1. The second kappa shape index (κ2) is 7.39. The zero-order chi connectivity index (χ0) is 16.4. The second-order valence-corrected chi connectivity index (χ2v) is 4.66. The van der Waals surface area contributed by atoms with Crippen molar-refractivity contribution in [2.24, 2.45) is 4.99 Å². The number of hydrogen-bond acceptors (Lipinski definition) is 2. The third-order valence-corrected chi connectivity index (χ3v) is 2.99. The third-order valence-electron chi connectivity index (χ3n) is 2.99. The lowest BCUT2D eigenvalue weighted by Crippen LogP contribution is -2.35. The monoisotopic (exact) mass is 362 g/mol. The summed E-state index contributed by atoms with van der Waals surface area (Å²) in [5.41, 5.74) is -3.15. The normalized spacial score (nSPS) is 16.5. The predicted octanol–water partition coefficient (Wildman–Crippen LogP) is 4.14. The van der Waals surface area contributed by atoms with Gasteiger partial charge in [0.1, 0.15) is 0 Å². The minimum Gasteiger partial charge on any atom is -0.378 e. The molecular formula is C13H13ClF6N2O. The summed E-state index contributed by atoms with van der Waals surface area (Å²) in [4.78, 5) is 5.39. The highest BCUT2D eigenvalue weighted by Crippen LogP contribution is 2.38. The van der Waals surface area contributed by atoms with Crippen molar-refractivity contribution in [2.75, 3.05) is 26.3 Å². The summed E-state index contributed by atoms with van der Waals surface area (Å²) in [5.74, 6) is 0. The first-order chi connectivity index (χ1) is 10.2. The van der Waals surface area contributed by atoms with E-state index < -0.39 is 29.2 Å². The van der Waals surface area contributed by atoms with E-state index in [-0.39, 0.29) is 18.5 Å². The number of ether oxygens (including phenoxy) is 1. The molecule has 0 bridgehead atoms. The molecule has 0 saturated carbocycles. The summed E-state index contributed by atoms with van der Waals surface area (Å²) in [6.07, 6.45) is -8.51. The van der Waals surface area contributed by atoms with Gasteiger partial charge in [-0.05, 0) is 18.2 Å². The molecule has 0 aromatic heterocycles. The van der Waals surface area contributed by atoms with Gasteiger partial charge in [-0.25, -0.2) is 4.99 Å². The number of nitrogens with zero attached hydrogens (tertiary/aromatic N) is 2. The molecule has 0 N–H and O–H groups in total. The van der Waals surface area contributed by atoms with Gasteiger partial charge >= 0.3 is 12.4 Å². The third kappa shape index (κ3) is 5.58. The van der Waals surface area contributed by atoms with Gasteiger partial charge in [0.25, 0.3) is 0 Å². The first-order valence-electron chi connectivity index (χ1n) is 6.32. The first kappa shape index (κ1) is 19.6. The average molecular weight is 363 g/mol. The van der Waals surface area contributed by atoms with Gasteiger partial charge in [-0.3, -0.25) is 0 Å². The van der Waals surface area contributed by atoms with Crippen LogP contribution in [0.5, 0.6) is 0 Å². The summed E-state index contributed by atoms with van der Waals surface area (Å²) in [6.45, 7) is 1.83. The van der Waals surface area contributed by atoms with Gasteiger partial charge in [0.05, 0.1) is 36.4 Å². The largest absolute Gasteiger partial charge is 0.416 e. The molecule has 0 aliphatic carbocycles. The molecule has 0 unspecified atom stereocenters. The van der Waals surface area contributed by atoms with E-state index in [4.69, 9.17) is 4.74 Å². The molecule has 0 atom stereocenters. The van der Waals surface area contributed by atoms with Gasteiger partial charge < -0.3 is 9.64 Å². The zero-order valence-electron chi connectivity index (χ0n) is 11.6. The van der Waals surface area contributed by atoms with Crippen LogP contribution in [0.25, 0.3) is 0 Å². The number of hydrogen-bond donors (Lipinski definition) is 0. The molecule has 130 valence electrons. The van der Waals surface area contributed by atoms with Crippen molar-refractivity contribution in [1.29, 1.82) is 0 Å². The number of morpholine rings is 1. The van der Waals surface area contributed by atoms with Crippen LogP contribution in [0.2, 0.25) is 0 Å². The van der Waals surface area contributed by atoms with E-state index in [1.54, 1.807) is 4.90 Å². The Morgan fingerprint density at radius 1 is 0.913 bits per heavy atom. The van der Waals surface area contributed by atoms with E-state index in [2.05, 4.69) is 4.99 Å². The molecule has 0 spiro atoms. The minimum atomic E-state index is -4.87. The Morgan fingerprint density at radius 2 is 1.39 bits per heavy atom. The molecule has 23 heavy (non-hydrogen) atoms. The molecule has 2 rings (SSSR count). The predicted molar refractivity (Wildman–Crippen MR) is 74.2 cm³/mol. The summed E-state index contributed by atoms with van der Waals surface area (Å²) >= 11 is 0. The van der Waals surface area contributed by atoms with E-state index in [1.807, 2.05) is 0 Å². The summed E-state index contributed by atoms with van der Waals surface area (Å²) in [7, 11) is 0. The van der Waals surface area contributed by atoms with Crippen LogP contribution in [0.3, 0.4) is 0 Å². The van der Waals surface area contributed by atoms with E-state index in [0.29, 0.717) is 38.4 Å². The molecule has 1 aliphatic heterocycles. The maximum atomic E-state index is 12.7. The van der Waals surface area contributed by atoms with Crippen LogP contribution < -0.4 is 0 Å². The lowest BCUT2D eigenvalue weighted by Gasteiger charge is -2.24. The smallest absolute Gasteiger partial charge is 0.378 e. The second-order valence-electron chi connectivity index (χ2n) is 4.66. The zero-order valence-corrected chi connectivity index (χ0v) is 12.4. The number of aliphatic imine (C=N–C) groups is 1. The number of halogens is 7. The molecule has 3 nitrogen and oxygen atoms in total. The lowest BCUT2D eigenvalue weighted by molar-refractivity contribution is -0.143. The van der Waals surface area contributed by atoms with Crippen LogP contribution >= 0.6 is 12.4 Å². The fourth-order valence-electron chi connectivity index (χ4n) is 1.85. The van der Waals surface area contributed by atoms with Crippen molar-refractivity contribution < 1.29 is 31.1 Å². The Morgan fingerprint density at radius 3 is 1.83 bits per heavy atom. The van der Waals surface area contributed by atoms with Gasteiger partial charge in [0.15, 0.2) is 0 Å². The summed E-state index contributed by atoms with van der Waals surface area (Å²) < 4.78 is 81.2. The lowest BCUT2D eigenvalue weighted by atomic mass is 10.1. The van der Waals surface area contributed by atoms with E-state index in [1.165, 1.54) is 6.34 Å². The topological polar surface area (TPSA) is 24.8 Å².